The number of carbonyl (C=O) groups excluding carboxylic acids is 1. The van der Waals surface area contributed by atoms with Gasteiger partial charge >= 0.3 is 0 Å². The number of benzene rings is 3. The zero-order valence-electron chi connectivity index (χ0n) is 16.5. The highest BCUT2D eigenvalue weighted by Gasteiger charge is 2.43. The van der Waals surface area contributed by atoms with Crippen molar-refractivity contribution < 1.29 is 9.21 Å². The largest absolute Gasteiger partial charge is 0.450 e. The van der Waals surface area contributed by atoms with Crippen molar-refractivity contribution in [1.29, 1.82) is 0 Å². The number of amides is 1. The zero-order valence-corrected chi connectivity index (χ0v) is 18.1. The third kappa shape index (κ3) is 2.81. The number of hydrogen-bond acceptors (Lipinski definition) is 3. The van der Waals surface area contributed by atoms with Gasteiger partial charge in [0, 0.05) is 10.2 Å². The Labute approximate surface area is 181 Å². The molecule has 5 heteroatoms. The van der Waals surface area contributed by atoms with Crippen LogP contribution in [0.1, 0.15) is 38.9 Å². The molecule has 4 nitrogen and oxygen atoms in total. The molecule has 0 aliphatic carbocycles. The van der Waals surface area contributed by atoms with E-state index in [1.54, 1.807) is 29.2 Å². The fraction of sp³-hybridized carbons (Fsp3) is 0.120. The monoisotopic (exact) mass is 459 g/mol. The number of hydrogen-bond donors (Lipinski definition) is 0. The Morgan fingerprint density at radius 3 is 2.37 bits per heavy atom. The first-order valence-corrected chi connectivity index (χ1v) is 10.5. The van der Waals surface area contributed by atoms with Crippen LogP contribution in [0.2, 0.25) is 0 Å². The first-order valence-electron chi connectivity index (χ1n) is 9.67. The molecule has 0 bridgehead atoms. The minimum Gasteiger partial charge on any atom is -0.450 e. The Morgan fingerprint density at radius 1 is 0.900 bits per heavy atom. The Morgan fingerprint density at radius 2 is 1.63 bits per heavy atom. The molecule has 2 heterocycles. The van der Waals surface area contributed by atoms with E-state index in [4.69, 9.17) is 4.42 Å². The number of para-hydroxylation sites is 1. The number of rotatable bonds is 2. The molecule has 1 aromatic heterocycles. The lowest BCUT2D eigenvalue weighted by atomic mass is 9.98. The van der Waals surface area contributed by atoms with Gasteiger partial charge in [-0.15, -0.1) is 0 Å². The van der Waals surface area contributed by atoms with Gasteiger partial charge in [0.15, 0.2) is 5.43 Å². The highest BCUT2D eigenvalue weighted by molar-refractivity contribution is 9.10. The minimum atomic E-state index is -0.552. The molecule has 30 heavy (non-hydrogen) atoms. The molecule has 1 unspecified atom stereocenters. The maximum atomic E-state index is 13.5. The van der Waals surface area contributed by atoms with Gasteiger partial charge in [-0.1, -0.05) is 46.3 Å². The summed E-state index contributed by atoms with van der Waals surface area (Å²) in [5.74, 6) is -0.186. The van der Waals surface area contributed by atoms with Crippen molar-refractivity contribution in [3.05, 3.63) is 109 Å². The maximum absolute atomic E-state index is 13.5. The summed E-state index contributed by atoms with van der Waals surface area (Å²) in [4.78, 5) is 28.7. The first-order chi connectivity index (χ1) is 14.5. The molecule has 0 saturated carbocycles. The summed E-state index contributed by atoms with van der Waals surface area (Å²) >= 11 is 3.46. The second-order valence-corrected chi connectivity index (χ2v) is 8.48. The molecule has 3 aromatic carbocycles. The number of anilines is 1. The van der Waals surface area contributed by atoms with Gasteiger partial charge in [0.25, 0.3) is 5.91 Å². The third-order valence-electron chi connectivity index (χ3n) is 5.73. The Bertz CT molecular complexity index is 1370. The molecule has 1 amide bonds. The average Bonchev–Trinajstić information content (AvgIpc) is 3.04. The van der Waals surface area contributed by atoms with E-state index >= 15 is 0 Å². The second-order valence-electron chi connectivity index (χ2n) is 7.57. The number of nitrogens with zero attached hydrogens (tertiary/aromatic N) is 1. The van der Waals surface area contributed by atoms with Crippen LogP contribution >= 0.6 is 15.9 Å². The van der Waals surface area contributed by atoms with E-state index in [9.17, 15) is 9.59 Å². The predicted molar refractivity (Wildman–Crippen MR) is 121 cm³/mol. The molecule has 1 aliphatic heterocycles. The number of carbonyl (C=O) groups is 1. The van der Waals surface area contributed by atoms with Crippen molar-refractivity contribution >= 4 is 38.5 Å². The number of aryl methyl sites for hydroxylation is 2. The summed E-state index contributed by atoms with van der Waals surface area (Å²) in [6.45, 7) is 4.04. The maximum Gasteiger partial charge on any atom is 0.295 e. The van der Waals surface area contributed by atoms with E-state index in [1.165, 1.54) is 0 Å². The lowest BCUT2D eigenvalue weighted by Crippen LogP contribution is -2.29. The smallest absolute Gasteiger partial charge is 0.295 e. The zero-order chi connectivity index (χ0) is 21.0. The topological polar surface area (TPSA) is 50.5 Å². The van der Waals surface area contributed by atoms with Crippen molar-refractivity contribution in [3.63, 3.8) is 0 Å². The molecule has 0 radical (unpaired) electrons. The van der Waals surface area contributed by atoms with Crippen LogP contribution in [0.4, 0.5) is 5.69 Å². The van der Waals surface area contributed by atoms with Crippen molar-refractivity contribution in [3.8, 4) is 0 Å². The molecule has 0 fully saturated rings. The van der Waals surface area contributed by atoms with Gasteiger partial charge in [0.2, 0.25) is 5.76 Å². The third-order valence-corrected chi connectivity index (χ3v) is 6.26. The standard InChI is InChI=1S/C25H18BrNO3/c1-14-7-12-18(13-15(14)2)27-22(16-8-10-17(26)11-9-16)21-23(28)19-5-3-4-6-20(19)30-24(21)25(27)29/h3-13,22H,1-2H3. The molecule has 1 atom stereocenters. The van der Waals surface area contributed by atoms with Crippen molar-refractivity contribution in [2.45, 2.75) is 19.9 Å². The van der Waals surface area contributed by atoms with Crippen LogP contribution < -0.4 is 10.3 Å². The van der Waals surface area contributed by atoms with Gasteiger partial charge in [-0.05, 0) is 66.9 Å². The van der Waals surface area contributed by atoms with Gasteiger partial charge in [0.1, 0.15) is 5.58 Å². The molecule has 1 aliphatic rings. The number of halogens is 1. The molecule has 148 valence electrons. The molecular weight excluding hydrogens is 442 g/mol. The summed E-state index contributed by atoms with van der Waals surface area (Å²) in [7, 11) is 0. The summed E-state index contributed by atoms with van der Waals surface area (Å²) in [6, 6.07) is 20.1. The van der Waals surface area contributed by atoms with Crippen LogP contribution in [0.25, 0.3) is 11.0 Å². The second kappa shape index (κ2) is 6.96. The normalized spacial score (nSPS) is 15.6. The van der Waals surface area contributed by atoms with E-state index in [-0.39, 0.29) is 17.1 Å². The molecule has 0 spiro atoms. The van der Waals surface area contributed by atoms with Gasteiger partial charge in [-0.3, -0.25) is 14.5 Å². The van der Waals surface area contributed by atoms with Crippen molar-refractivity contribution in [2.75, 3.05) is 4.90 Å². The molecule has 0 saturated heterocycles. The average molecular weight is 460 g/mol. The van der Waals surface area contributed by atoms with Gasteiger partial charge in [-0.2, -0.15) is 0 Å². The van der Waals surface area contributed by atoms with Crippen LogP contribution in [0.3, 0.4) is 0 Å². The molecule has 0 N–H and O–H groups in total. The summed E-state index contributed by atoms with van der Waals surface area (Å²) in [5, 5.41) is 0.480. The van der Waals surface area contributed by atoms with Crippen LogP contribution in [-0.4, -0.2) is 5.91 Å². The van der Waals surface area contributed by atoms with Crippen molar-refractivity contribution in [1.82, 2.24) is 0 Å². The summed E-state index contributed by atoms with van der Waals surface area (Å²) in [5.41, 5.74) is 4.46. The van der Waals surface area contributed by atoms with E-state index < -0.39 is 6.04 Å². The SMILES string of the molecule is Cc1ccc(N2C(=O)c3oc4ccccc4c(=O)c3C2c2ccc(Br)cc2)cc1C. The predicted octanol–water partition coefficient (Wildman–Crippen LogP) is 5.92. The van der Waals surface area contributed by atoms with E-state index in [0.717, 1.165) is 26.9 Å². The Balaban J connectivity index is 1.81. The Kier molecular flexibility index (Phi) is 4.36. The quantitative estimate of drug-likeness (QED) is 0.373. The van der Waals surface area contributed by atoms with Gasteiger partial charge < -0.3 is 4.42 Å². The van der Waals surface area contributed by atoms with E-state index in [0.29, 0.717) is 16.5 Å². The van der Waals surface area contributed by atoms with E-state index in [2.05, 4.69) is 15.9 Å². The van der Waals surface area contributed by atoms with E-state index in [1.807, 2.05) is 56.3 Å². The van der Waals surface area contributed by atoms with Gasteiger partial charge in [-0.25, -0.2) is 0 Å². The van der Waals surface area contributed by atoms with Gasteiger partial charge in [0.05, 0.1) is 17.0 Å². The highest BCUT2D eigenvalue weighted by atomic mass is 79.9. The van der Waals surface area contributed by atoms with Crippen LogP contribution in [0.15, 0.2) is 80.4 Å². The summed E-state index contributed by atoms with van der Waals surface area (Å²) in [6.07, 6.45) is 0. The van der Waals surface area contributed by atoms with Crippen LogP contribution in [0.5, 0.6) is 0 Å². The molecule has 4 aromatic rings. The highest BCUT2D eigenvalue weighted by Crippen LogP contribution is 2.41. The lowest BCUT2D eigenvalue weighted by molar-refractivity contribution is 0.0971. The fourth-order valence-corrected chi connectivity index (χ4v) is 4.29. The van der Waals surface area contributed by atoms with Crippen LogP contribution in [0, 0.1) is 13.8 Å². The van der Waals surface area contributed by atoms with Crippen molar-refractivity contribution in [2.24, 2.45) is 0 Å². The number of fused-ring (bicyclic) bond motifs is 2. The first kappa shape index (κ1) is 18.8. The fourth-order valence-electron chi connectivity index (χ4n) is 4.02. The van der Waals surface area contributed by atoms with Crippen LogP contribution in [-0.2, 0) is 0 Å². The summed E-state index contributed by atoms with van der Waals surface area (Å²) < 4.78 is 6.91. The Hall–Kier alpha value is -3.18. The lowest BCUT2D eigenvalue weighted by Gasteiger charge is -2.26. The molecule has 5 rings (SSSR count). The molecular formula is C25H18BrNO3. The minimum absolute atomic E-state index is 0.116.